The molecule has 0 bridgehead atoms. The quantitative estimate of drug-likeness (QED) is 0.572. The molecule has 6 heteroatoms. The second-order valence-corrected chi connectivity index (χ2v) is 7.77. The van der Waals surface area contributed by atoms with Crippen LogP contribution < -0.4 is 5.32 Å². The number of carbonyl (C=O) groups excluding carboxylic acids is 1. The monoisotopic (exact) mass is 367 g/mol. The lowest BCUT2D eigenvalue weighted by atomic mass is 10.1. The molecule has 25 heavy (non-hydrogen) atoms. The van der Waals surface area contributed by atoms with Crippen molar-refractivity contribution >= 4 is 33.5 Å². The molecular formula is C19H17N3OS2. The number of nitrogens with one attached hydrogen (secondary N) is 1. The lowest BCUT2D eigenvalue weighted by Crippen LogP contribution is -2.24. The first kappa shape index (κ1) is 16.1. The molecule has 0 atom stereocenters. The molecule has 1 N–H and O–H groups in total. The number of aromatic nitrogens is 2. The van der Waals surface area contributed by atoms with Crippen LogP contribution in [0.2, 0.25) is 0 Å². The van der Waals surface area contributed by atoms with Gasteiger partial charge in [0, 0.05) is 27.7 Å². The van der Waals surface area contributed by atoms with E-state index in [0.717, 1.165) is 26.8 Å². The summed E-state index contributed by atoms with van der Waals surface area (Å²) in [6.45, 7) is 2.66. The first-order valence-corrected chi connectivity index (χ1v) is 9.76. The number of nitrogens with zero attached hydrogens (tertiary/aromatic N) is 2. The Balaban J connectivity index is 1.50. The number of benzene rings is 1. The summed E-state index contributed by atoms with van der Waals surface area (Å²) >= 11 is 3.21. The molecule has 1 amide bonds. The summed E-state index contributed by atoms with van der Waals surface area (Å²) in [4.78, 5) is 19.0. The number of imidazole rings is 1. The predicted molar refractivity (Wildman–Crippen MR) is 103 cm³/mol. The van der Waals surface area contributed by atoms with Gasteiger partial charge in [0.15, 0.2) is 4.96 Å². The van der Waals surface area contributed by atoms with Crippen LogP contribution >= 0.6 is 22.7 Å². The van der Waals surface area contributed by atoms with Gasteiger partial charge in [-0.25, -0.2) is 4.98 Å². The van der Waals surface area contributed by atoms with Crippen LogP contribution in [0, 0.1) is 6.92 Å². The number of carbonyl (C=O) groups is 1. The van der Waals surface area contributed by atoms with Crippen molar-refractivity contribution in [2.24, 2.45) is 0 Å². The third kappa shape index (κ3) is 3.50. The van der Waals surface area contributed by atoms with E-state index in [2.05, 4.69) is 41.5 Å². The number of aryl methyl sites for hydroxylation is 1. The minimum Gasteiger partial charge on any atom is -0.351 e. The standard InChI is InChI=1S/C19H17N3OS2/c1-13-4-6-14(7-5-13)17-11-22-15(12-25-19(22)21-17)9-18(23)20-10-16-3-2-8-24-16/h2-8,11-12H,9-10H2,1H3,(H,20,23). The van der Waals surface area contributed by atoms with Crippen molar-refractivity contribution in [2.75, 3.05) is 0 Å². The number of thiazole rings is 1. The summed E-state index contributed by atoms with van der Waals surface area (Å²) in [7, 11) is 0. The summed E-state index contributed by atoms with van der Waals surface area (Å²) in [5.74, 6) is 0.0266. The van der Waals surface area contributed by atoms with E-state index in [1.54, 1.807) is 22.7 Å². The van der Waals surface area contributed by atoms with E-state index in [4.69, 9.17) is 0 Å². The number of rotatable bonds is 5. The third-order valence-electron chi connectivity index (χ3n) is 4.01. The summed E-state index contributed by atoms with van der Waals surface area (Å²) in [6, 6.07) is 12.3. The molecule has 126 valence electrons. The zero-order valence-electron chi connectivity index (χ0n) is 13.7. The van der Waals surface area contributed by atoms with E-state index in [9.17, 15) is 4.79 Å². The molecule has 0 saturated heterocycles. The summed E-state index contributed by atoms with van der Waals surface area (Å²) in [6.07, 6.45) is 2.37. The summed E-state index contributed by atoms with van der Waals surface area (Å²) in [5, 5.41) is 7.00. The molecule has 0 saturated carbocycles. The van der Waals surface area contributed by atoms with Crippen LogP contribution in [0.25, 0.3) is 16.2 Å². The number of fused-ring (bicyclic) bond motifs is 1. The van der Waals surface area contributed by atoms with E-state index in [-0.39, 0.29) is 5.91 Å². The first-order valence-electron chi connectivity index (χ1n) is 8.00. The minimum atomic E-state index is 0.0266. The molecule has 0 fully saturated rings. The molecule has 0 aliphatic carbocycles. The van der Waals surface area contributed by atoms with Crippen molar-refractivity contribution < 1.29 is 4.79 Å². The Kier molecular flexibility index (Phi) is 4.38. The largest absolute Gasteiger partial charge is 0.351 e. The molecule has 4 aromatic rings. The van der Waals surface area contributed by atoms with Gasteiger partial charge in [-0.05, 0) is 18.4 Å². The molecule has 4 rings (SSSR count). The first-order chi connectivity index (χ1) is 12.2. The fourth-order valence-electron chi connectivity index (χ4n) is 2.65. The van der Waals surface area contributed by atoms with Gasteiger partial charge in [0.05, 0.1) is 18.7 Å². The van der Waals surface area contributed by atoms with Gasteiger partial charge in [0.2, 0.25) is 5.91 Å². The molecule has 3 aromatic heterocycles. The Morgan fingerprint density at radius 1 is 1.20 bits per heavy atom. The highest BCUT2D eigenvalue weighted by Crippen LogP contribution is 2.24. The van der Waals surface area contributed by atoms with E-state index in [1.807, 2.05) is 33.5 Å². The third-order valence-corrected chi connectivity index (χ3v) is 5.78. The fourth-order valence-corrected chi connectivity index (χ4v) is 4.16. The van der Waals surface area contributed by atoms with Crippen molar-refractivity contribution in [2.45, 2.75) is 19.9 Å². The molecular weight excluding hydrogens is 350 g/mol. The maximum Gasteiger partial charge on any atom is 0.226 e. The van der Waals surface area contributed by atoms with Crippen molar-refractivity contribution in [1.82, 2.24) is 14.7 Å². The highest BCUT2D eigenvalue weighted by atomic mass is 32.1. The topological polar surface area (TPSA) is 46.4 Å². The molecule has 1 aromatic carbocycles. The van der Waals surface area contributed by atoms with Crippen LogP contribution in [0.5, 0.6) is 0 Å². The number of thiophene rings is 1. The van der Waals surface area contributed by atoms with E-state index >= 15 is 0 Å². The normalized spacial score (nSPS) is 11.1. The molecule has 0 spiro atoms. The maximum absolute atomic E-state index is 12.2. The van der Waals surface area contributed by atoms with Crippen LogP contribution in [-0.2, 0) is 17.8 Å². The van der Waals surface area contributed by atoms with Crippen molar-refractivity contribution in [3.63, 3.8) is 0 Å². The van der Waals surface area contributed by atoms with Gasteiger partial charge in [0.25, 0.3) is 0 Å². The van der Waals surface area contributed by atoms with Gasteiger partial charge < -0.3 is 5.32 Å². The van der Waals surface area contributed by atoms with Gasteiger partial charge in [-0.3, -0.25) is 9.20 Å². The van der Waals surface area contributed by atoms with Gasteiger partial charge >= 0.3 is 0 Å². The summed E-state index contributed by atoms with van der Waals surface area (Å²) in [5.41, 5.74) is 4.23. The van der Waals surface area contributed by atoms with Gasteiger partial charge in [-0.15, -0.1) is 22.7 Å². The van der Waals surface area contributed by atoms with Crippen LogP contribution in [0.3, 0.4) is 0 Å². The lowest BCUT2D eigenvalue weighted by molar-refractivity contribution is -0.120. The Labute approximate surface area is 153 Å². The average Bonchev–Trinajstić information content (AvgIpc) is 3.32. The Bertz CT molecular complexity index is 997. The number of hydrogen-bond acceptors (Lipinski definition) is 4. The number of hydrogen-bond donors (Lipinski definition) is 1. The smallest absolute Gasteiger partial charge is 0.226 e. The zero-order valence-corrected chi connectivity index (χ0v) is 15.4. The highest BCUT2D eigenvalue weighted by molar-refractivity contribution is 7.15. The van der Waals surface area contributed by atoms with Crippen molar-refractivity contribution in [1.29, 1.82) is 0 Å². The fraction of sp³-hybridized carbons (Fsp3) is 0.158. The lowest BCUT2D eigenvalue weighted by Gasteiger charge is -2.03. The van der Waals surface area contributed by atoms with Crippen molar-refractivity contribution in [3.05, 3.63) is 69.5 Å². The van der Waals surface area contributed by atoms with Crippen LogP contribution in [0.15, 0.2) is 53.4 Å². The molecule has 0 aliphatic heterocycles. The molecule has 0 aliphatic rings. The van der Waals surface area contributed by atoms with E-state index in [1.165, 1.54) is 5.56 Å². The molecule has 4 nitrogen and oxygen atoms in total. The van der Waals surface area contributed by atoms with Gasteiger partial charge in [-0.1, -0.05) is 35.9 Å². The van der Waals surface area contributed by atoms with E-state index < -0.39 is 0 Å². The number of amides is 1. The van der Waals surface area contributed by atoms with Crippen molar-refractivity contribution in [3.8, 4) is 11.3 Å². The molecule has 0 radical (unpaired) electrons. The SMILES string of the molecule is Cc1ccc(-c2cn3c(CC(=O)NCc4cccs4)csc3n2)cc1. The van der Waals surface area contributed by atoms with Crippen LogP contribution in [0.1, 0.15) is 16.1 Å². The van der Waals surface area contributed by atoms with Crippen LogP contribution in [-0.4, -0.2) is 15.3 Å². The Morgan fingerprint density at radius 3 is 2.80 bits per heavy atom. The highest BCUT2D eigenvalue weighted by Gasteiger charge is 2.12. The van der Waals surface area contributed by atoms with Gasteiger partial charge in [0.1, 0.15) is 0 Å². The van der Waals surface area contributed by atoms with Gasteiger partial charge in [-0.2, -0.15) is 0 Å². The predicted octanol–water partition coefficient (Wildman–Crippen LogP) is 4.29. The Hall–Kier alpha value is -2.44. The van der Waals surface area contributed by atoms with E-state index in [0.29, 0.717) is 13.0 Å². The zero-order chi connectivity index (χ0) is 17.2. The minimum absolute atomic E-state index is 0.0266. The second kappa shape index (κ2) is 6.82. The second-order valence-electron chi connectivity index (χ2n) is 5.90. The molecule has 3 heterocycles. The Morgan fingerprint density at radius 2 is 2.04 bits per heavy atom. The molecule has 0 unspecified atom stereocenters. The average molecular weight is 367 g/mol. The summed E-state index contributed by atoms with van der Waals surface area (Å²) < 4.78 is 2.02. The maximum atomic E-state index is 12.2. The van der Waals surface area contributed by atoms with Crippen LogP contribution in [0.4, 0.5) is 0 Å².